The van der Waals surface area contributed by atoms with E-state index >= 15 is 0 Å². The third-order valence-corrected chi connectivity index (χ3v) is 5.35. The topological polar surface area (TPSA) is 63.2 Å². The molecule has 0 radical (unpaired) electrons. The van der Waals surface area contributed by atoms with E-state index in [1.165, 1.54) is 31.2 Å². The number of nitrogens with one attached hydrogen (secondary N) is 1. The van der Waals surface area contributed by atoms with Crippen molar-refractivity contribution in [1.29, 1.82) is 0 Å². The summed E-state index contributed by atoms with van der Waals surface area (Å²) < 4.78 is 37.3. The molecule has 2 atom stereocenters. The molecule has 0 amide bonds. The first-order valence-corrected chi connectivity index (χ1v) is 9.52. The molecule has 126 valence electrons. The molecule has 4 nitrogen and oxygen atoms in total. The van der Waals surface area contributed by atoms with Crippen molar-refractivity contribution in [3.05, 3.63) is 59.4 Å². The van der Waals surface area contributed by atoms with Crippen LogP contribution in [-0.2, 0) is 9.84 Å². The van der Waals surface area contributed by atoms with E-state index in [4.69, 9.17) is 0 Å². The number of hydrogen-bond donors (Lipinski definition) is 1. The highest BCUT2D eigenvalue weighted by Crippen LogP contribution is 2.43. The maximum Gasteiger partial charge on any atom is 0.177 e. The zero-order valence-corrected chi connectivity index (χ0v) is 14.2. The molecule has 24 heavy (non-hydrogen) atoms. The summed E-state index contributed by atoms with van der Waals surface area (Å²) in [5.41, 5.74) is 1.76. The van der Waals surface area contributed by atoms with Gasteiger partial charge in [-0.1, -0.05) is 12.1 Å². The quantitative estimate of drug-likeness (QED) is 0.842. The summed E-state index contributed by atoms with van der Waals surface area (Å²) in [5.74, 6) is -0.279. The Hall–Kier alpha value is -2.21. The lowest BCUT2D eigenvalue weighted by Crippen LogP contribution is -2.10. The molecule has 0 spiro atoms. The van der Waals surface area contributed by atoms with Crippen LogP contribution >= 0.6 is 0 Å². The molecule has 1 fully saturated rings. The molecule has 0 aliphatic heterocycles. The average molecular weight is 347 g/mol. The average Bonchev–Trinajstić information content (AvgIpc) is 3.25. The van der Waals surface area contributed by atoms with Crippen molar-refractivity contribution in [2.45, 2.75) is 30.2 Å². The highest BCUT2D eigenvalue weighted by atomic mass is 32.2. The Balaban J connectivity index is 1.87. The number of sulfone groups is 1. The van der Waals surface area contributed by atoms with Crippen molar-refractivity contribution >= 4 is 21.3 Å². The van der Waals surface area contributed by atoms with Crippen LogP contribution in [0.2, 0.25) is 0 Å². The van der Waals surface area contributed by atoms with Gasteiger partial charge in [0, 0.05) is 23.8 Å². The summed E-state index contributed by atoms with van der Waals surface area (Å²) >= 11 is 0. The number of benzene rings is 2. The van der Waals surface area contributed by atoms with Gasteiger partial charge in [-0.05, 0) is 49.2 Å². The monoisotopic (exact) mass is 347 g/mol. The van der Waals surface area contributed by atoms with Gasteiger partial charge in [-0.25, -0.2) is 12.8 Å². The van der Waals surface area contributed by atoms with Crippen LogP contribution in [-0.4, -0.2) is 26.5 Å². The van der Waals surface area contributed by atoms with Crippen LogP contribution in [0.4, 0.5) is 10.1 Å². The molecule has 3 rings (SSSR count). The van der Waals surface area contributed by atoms with Crippen molar-refractivity contribution in [3.63, 3.8) is 0 Å². The van der Waals surface area contributed by atoms with Crippen molar-refractivity contribution in [2.24, 2.45) is 0 Å². The Morgan fingerprint density at radius 3 is 2.58 bits per heavy atom. The number of halogens is 1. The molecule has 0 saturated heterocycles. The van der Waals surface area contributed by atoms with E-state index in [2.05, 4.69) is 5.32 Å². The SMILES string of the molecule is CC(=O)c1ccc(S(C)(=O)=O)c(N[C@@H]2C[C@H]2c2cccc(F)c2)c1. The lowest BCUT2D eigenvalue weighted by atomic mass is 10.1. The number of hydrogen-bond acceptors (Lipinski definition) is 4. The minimum atomic E-state index is -3.42. The third kappa shape index (κ3) is 3.48. The molecular weight excluding hydrogens is 329 g/mol. The van der Waals surface area contributed by atoms with Gasteiger partial charge in [0.05, 0.1) is 10.6 Å². The summed E-state index contributed by atoms with van der Waals surface area (Å²) in [6.45, 7) is 1.44. The normalized spacial score (nSPS) is 19.8. The Labute approximate surface area is 140 Å². The molecule has 2 aromatic rings. The fourth-order valence-corrected chi connectivity index (χ4v) is 3.68. The second kappa shape index (κ2) is 6.02. The zero-order valence-electron chi connectivity index (χ0n) is 13.4. The second-order valence-corrected chi connectivity index (χ2v) is 8.17. The van der Waals surface area contributed by atoms with Gasteiger partial charge >= 0.3 is 0 Å². The number of rotatable bonds is 5. The predicted molar refractivity (Wildman–Crippen MR) is 90.7 cm³/mol. The third-order valence-electron chi connectivity index (χ3n) is 4.19. The highest BCUT2D eigenvalue weighted by Gasteiger charge is 2.39. The van der Waals surface area contributed by atoms with Crippen molar-refractivity contribution < 1.29 is 17.6 Å². The van der Waals surface area contributed by atoms with E-state index < -0.39 is 9.84 Å². The summed E-state index contributed by atoms with van der Waals surface area (Å²) in [4.78, 5) is 11.7. The molecular formula is C18H18FNO3S. The summed E-state index contributed by atoms with van der Waals surface area (Å²) in [5, 5.41) is 3.20. The van der Waals surface area contributed by atoms with Gasteiger partial charge in [-0.15, -0.1) is 0 Å². The van der Waals surface area contributed by atoms with E-state index in [1.807, 2.05) is 6.07 Å². The Kier molecular flexibility index (Phi) is 4.17. The Morgan fingerprint density at radius 1 is 1.21 bits per heavy atom. The number of ketones is 1. The maximum atomic E-state index is 13.3. The van der Waals surface area contributed by atoms with E-state index in [1.54, 1.807) is 12.1 Å². The van der Waals surface area contributed by atoms with Crippen LogP contribution in [0.1, 0.15) is 35.2 Å². The lowest BCUT2D eigenvalue weighted by molar-refractivity contribution is 0.101. The molecule has 0 unspecified atom stereocenters. The van der Waals surface area contributed by atoms with Crippen LogP contribution < -0.4 is 5.32 Å². The first kappa shape index (κ1) is 16.6. The van der Waals surface area contributed by atoms with Crippen LogP contribution in [0, 0.1) is 5.82 Å². The lowest BCUT2D eigenvalue weighted by Gasteiger charge is -2.12. The summed E-state index contributed by atoms with van der Waals surface area (Å²) in [6, 6.07) is 11.0. The largest absolute Gasteiger partial charge is 0.381 e. The van der Waals surface area contributed by atoms with Crippen LogP contribution in [0.15, 0.2) is 47.4 Å². The highest BCUT2D eigenvalue weighted by molar-refractivity contribution is 7.90. The van der Waals surface area contributed by atoms with Crippen LogP contribution in [0.3, 0.4) is 0 Å². The second-order valence-electron chi connectivity index (χ2n) is 6.19. The van der Waals surface area contributed by atoms with E-state index in [0.29, 0.717) is 11.3 Å². The van der Waals surface area contributed by atoms with Gasteiger partial charge in [-0.3, -0.25) is 4.79 Å². The van der Waals surface area contributed by atoms with E-state index in [9.17, 15) is 17.6 Å². The number of Topliss-reactive ketones (excluding diaryl/α,β-unsaturated/α-hetero) is 1. The number of carbonyl (C=O) groups excluding carboxylic acids is 1. The van der Waals surface area contributed by atoms with Gasteiger partial charge in [0.1, 0.15) is 5.82 Å². The number of carbonyl (C=O) groups is 1. The minimum Gasteiger partial charge on any atom is -0.381 e. The van der Waals surface area contributed by atoms with Crippen LogP contribution in [0.5, 0.6) is 0 Å². The van der Waals surface area contributed by atoms with Crippen molar-refractivity contribution in [1.82, 2.24) is 0 Å². The molecule has 6 heteroatoms. The minimum absolute atomic E-state index is 0.0227. The summed E-state index contributed by atoms with van der Waals surface area (Å²) in [7, 11) is -3.42. The van der Waals surface area contributed by atoms with Gasteiger partial charge in [0.25, 0.3) is 0 Å². The standard InChI is InChI=1S/C18H18FNO3S/c1-11(21)12-6-7-18(24(2,22)23)17(9-12)20-16-10-15(16)13-4-3-5-14(19)8-13/h3-9,15-16,20H,10H2,1-2H3/t15-,16+/m0/s1. The molecule has 1 saturated carbocycles. The first-order chi connectivity index (χ1) is 11.3. The summed E-state index contributed by atoms with van der Waals surface area (Å²) in [6.07, 6.45) is 1.93. The molecule has 0 heterocycles. The molecule has 0 bridgehead atoms. The van der Waals surface area contributed by atoms with Crippen molar-refractivity contribution in [3.8, 4) is 0 Å². The Bertz CT molecular complexity index is 908. The molecule has 1 aliphatic rings. The van der Waals surface area contributed by atoms with Gasteiger partial charge in [-0.2, -0.15) is 0 Å². The first-order valence-electron chi connectivity index (χ1n) is 7.63. The van der Waals surface area contributed by atoms with Gasteiger partial charge < -0.3 is 5.32 Å². The van der Waals surface area contributed by atoms with Gasteiger partial charge in [0.2, 0.25) is 0 Å². The fourth-order valence-electron chi connectivity index (χ4n) is 2.84. The number of anilines is 1. The van der Waals surface area contributed by atoms with E-state index in [-0.39, 0.29) is 28.5 Å². The predicted octanol–water partition coefficient (Wildman–Crippen LogP) is 3.40. The van der Waals surface area contributed by atoms with Gasteiger partial charge in [0.15, 0.2) is 15.6 Å². The fraction of sp³-hybridized carbons (Fsp3) is 0.278. The van der Waals surface area contributed by atoms with E-state index in [0.717, 1.165) is 18.2 Å². The smallest absolute Gasteiger partial charge is 0.177 e. The van der Waals surface area contributed by atoms with Crippen LogP contribution in [0.25, 0.3) is 0 Å². The van der Waals surface area contributed by atoms with Crippen molar-refractivity contribution in [2.75, 3.05) is 11.6 Å². The maximum absolute atomic E-state index is 13.3. The molecule has 1 aliphatic carbocycles. The Morgan fingerprint density at radius 2 is 1.96 bits per heavy atom. The molecule has 0 aromatic heterocycles. The zero-order chi connectivity index (χ0) is 17.5. The molecule has 2 aromatic carbocycles. The molecule has 1 N–H and O–H groups in total.